The van der Waals surface area contributed by atoms with Gasteiger partial charge in [-0.05, 0) is 79.8 Å². The predicted molar refractivity (Wildman–Crippen MR) is 340 cm³/mol. The van der Waals surface area contributed by atoms with Crippen molar-refractivity contribution in [3.63, 3.8) is 0 Å². The first-order valence-corrected chi connectivity index (χ1v) is 26.0. The van der Waals surface area contributed by atoms with Gasteiger partial charge >= 0.3 is 18.1 Å². The summed E-state index contributed by atoms with van der Waals surface area (Å²) in [6.07, 6.45) is 4.71. The monoisotopic (exact) mass is 1270 g/mol. The van der Waals surface area contributed by atoms with E-state index in [1.165, 1.54) is 58.4 Å². The number of aryl methyl sites for hydroxylation is 4. The Kier molecular flexibility index (Phi) is 39.4. The summed E-state index contributed by atoms with van der Waals surface area (Å²) in [6.45, 7) is 19.9. The van der Waals surface area contributed by atoms with Crippen LogP contribution < -0.4 is 22.0 Å². The molecule has 0 bridgehead atoms. The molecular weight excluding hydrogens is 1190 g/mol. The van der Waals surface area contributed by atoms with Gasteiger partial charge in [0.25, 0.3) is 11.1 Å². The number of nitrogens with one attached hydrogen (secondary N) is 2. The second-order valence-corrected chi connectivity index (χ2v) is 18.9. The Bertz CT molecular complexity index is 2920. The topological polar surface area (TPSA) is 328 Å². The number of rotatable bonds is 4. The molecule has 0 saturated carbocycles. The first-order valence-electron chi connectivity index (χ1n) is 24.4. The molecule has 0 atom stereocenters. The van der Waals surface area contributed by atoms with Crippen molar-refractivity contribution in [3.05, 3.63) is 101 Å². The second kappa shape index (κ2) is 40.2. The molecule has 0 aromatic carbocycles. The molecule has 9 rings (SSSR count). The third kappa shape index (κ3) is 26.2. The minimum absolute atomic E-state index is 0. The van der Waals surface area contributed by atoms with Crippen LogP contribution in [0.3, 0.4) is 0 Å². The minimum Gasteiger partial charge on any atom is -0.502 e. The van der Waals surface area contributed by atoms with E-state index in [-0.39, 0.29) is 107 Å². The molecule has 9 heterocycles. The van der Waals surface area contributed by atoms with E-state index < -0.39 is 5.43 Å². The fourth-order valence-electron chi connectivity index (χ4n) is 6.04. The highest BCUT2D eigenvalue weighted by atomic mass is 32.1. The first-order chi connectivity index (χ1) is 37.8. The molecule has 4 aromatic heterocycles. The van der Waals surface area contributed by atoms with E-state index in [9.17, 15) is 47.9 Å². The Hall–Kier alpha value is -8.10. The normalized spacial score (nSPS) is 14.6. The van der Waals surface area contributed by atoms with Gasteiger partial charge in [-0.15, -0.1) is 0 Å². The van der Waals surface area contributed by atoms with Crippen LogP contribution in [-0.2, 0) is 14.4 Å². The summed E-state index contributed by atoms with van der Waals surface area (Å²) in [5, 5.41) is 23.1. The number of H-pyrrole nitrogens is 2. The highest BCUT2D eigenvalue weighted by Gasteiger charge is 2.32. The Morgan fingerprint density at radius 3 is 1.15 bits per heavy atom. The lowest BCUT2D eigenvalue weighted by Gasteiger charge is -2.14. The molecule has 5 aliphatic heterocycles. The fraction of sp³-hybridized carbons (Fsp3) is 0.509. The number of aromatic hydroxyl groups is 2. The summed E-state index contributed by atoms with van der Waals surface area (Å²) < 4.78 is 18.2. The number of nitrogens with zero attached hydrogens (tertiary/aromatic N) is 10. The maximum Gasteiger partial charge on any atom is 0.326 e. The largest absolute Gasteiger partial charge is 0.502 e. The first kappa shape index (κ1) is 83.4. The van der Waals surface area contributed by atoms with Crippen LogP contribution in [0, 0.1) is 27.7 Å². The van der Waals surface area contributed by atoms with Crippen molar-refractivity contribution in [2.24, 2.45) is 0 Å². The maximum absolute atomic E-state index is 11.1. The molecule has 28 nitrogen and oxygen atoms in total. The van der Waals surface area contributed by atoms with Crippen LogP contribution in [0.25, 0.3) is 0 Å². The quantitative estimate of drug-likeness (QED) is 0.146. The fourth-order valence-corrected chi connectivity index (χ4v) is 7.17. The number of hydrogen-bond acceptors (Lipinski definition) is 20. The highest BCUT2D eigenvalue weighted by Crippen LogP contribution is 2.11. The summed E-state index contributed by atoms with van der Waals surface area (Å²) in [5.41, 5.74) is -0.0903. The average molecular weight is 1280 g/mol. The summed E-state index contributed by atoms with van der Waals surface area (Å²) in [5.74, 6) is 0.264. The van der Waals surface area contributed by atoms with Gasteiger partial charge in [-0.3, -0.25) is 53.2 Å². The van der Waals surface area contributed by atoms with Crippen LogP contribution >= 0.6 is 48.9 Å². The van der Waals surface area contributed by atoms with Gasteiger partial charge in [-0.1, -0.05) is 54.1 Å². The van der Waals surface area contributed by atoms with Crippen LogP contribution in [0.1, 0.15) is 80.0 Å². The number of aromatic nitrogens is 2. The third-order valence-corrected chi connectivity index (χ3v) is 13.1. The van der Waals surface area contributed by atoms with Gasteiger partial charge in [0.15, 0.2) is 21.7 Å². The van der Waals surface area contributed by atoms with E-state index in [1.54, 1.807) is 53.7 Å². The molecule has 5 fully saturated rings. The molecule has 32 heteroatoms. The molecule has 4 N–H and O–H groups in total. The van der Waals surface area contributed by atoms with Crippen molar-refractivity contribution in [3.8, 4) is 11.5 Å². The van der Waals surface area contributed by atoms with Crippen LogP contribution in [-0.4, -0.2) is 227 Å². The SMILES string of the molecule is C.C.C.C.CCN1CC(=O)N(C)C1=O.CCN1CC(=O)N(C)C1=S.CCN1CC(=S)N(C)C1=O.CCN1CC(=S)N(C)C1=S.CN1CC(=O)N(C)C1=O.Cc1cc(=O)[nH]o1.Cc1cc(=O)c(O)co1.Cc1co[nH]c1=O.Cc1cocc(O)c1=O. The van der Waals surface area contributed by atoms with Crippen LogP contribution in [0.5, 0.6) is 11.5 Å². The van der Waals surface area contributed by atoms with Gasteiger partial charge in [0.2, 0.25) is 28.6 Å². The molecule has 5 aliphatic rings. The van der Waals surface area contributed by atoms with Gasteiger partial charge in [-0.25, -0.2) is 14.4 Å². The molecular formula is C53H86N12O16S4. The molecule has 85 heavy (non-hydrogen) atoms. The Balaban J connectivity index is -0.000000433. The number of imide groups is 2. The van der Waals surface area contributed by atoms with Gasteiger partial charge in [-0.2, -0.15) is 10.3 Å². The Morgan fingerprint density at radius 1 is 0.482 bits per heavy atom. The molecule has 0 unspecified atom stereocenters. The number of aromatic amines is 2. The summed E-state index contributed by atoms with van der Waals surface area (Å²) in [4.78, 5) is 124. The maximum atomic E-state index is 11.1. The van der Waals surface area contributed by atoms with E-state index in [0.29, 0.717) is 52.4 Å². The van der Waals surface area contributed by atoms with Crippen LogP contribution in [0.2, 0.25) is 0 Å². The highest BCUT2D eigenvalue weighted by molar-refractivity contribution is 7.82. The van der Waals surface area contributed by atoms with E-state index in [4.69, 9.17) is 59.1 Å². The molecule has 5 saturated heterocycles. The lowest BCUT2D eigenvalue weighted by molar-refractivity contribution is -0.125. The number of hydrogen-bond donors (Lipinski definition) is 4. The van der Waals surface area contributed by atoms with Crippen molar-refractivity contribution in [2.75, 3.05) is 101 Å². The molecule has 0 radical (unpaired) electrons. The van der Waals surface area contributed by atoms with Crippen LogP contribution in [0.4, 0.5) is 14.4 Å². The molecule has 0 aliphatic carbocycles. The minimum atomic E-state index is -0.404. The van der Waals surface area contributed by atoms with Crippen molar-refractivity contribution >= 4 is 105 Å². The number of carbonyl (C=O) groups excluding carboxylic acids is 6. The van der Waals surface area contributed by atoms with Gasteiger partial charge in [0, 0.05) is 86.2 Å². The lowest BCUT2D eigenvalue weighted by Crippen LogP contribution is -2.29. The smallest absolute Gasteiger partial charge is 0.326 e. The number of likely N-dealkylation sites (N-methyl/N-ethyl adjacent to an activating group) is 10. The summed E-state index contributed by atoms with van der Waals surface area (Å²) >= 11 is 20.1. The standard InChI is InChI=1S/C6H10N2O2.2C6H10N2OS.C6H10N2S2.2C6H6O3.C5H8N2O2.2C4H5NO2.4CH4/c1-3-8-4-5(9)7(2)6(8)10;1-3-8-4-5(10)7(2)6(8)9;2*1-3-8-4-5(9)7(2)6(8)10;1-4-2-9-3-5(7)6(4)8;1-4-2-5(7)6(8)3-9-4;1-6-3-4(8)7(2)5(6)9;1-3-2-7-5-4(3)6;1-3-2-4(6)5-7-3;;;;/h4*3-4H2,1-2H3;2-3,7H,1H3;2-3,8H,1H3;3H2,1-2H3;2*2H,1H3,(H,5,6);4*1H4. The summed E-state index contributed by atoms with van der Waals surface area (Å²) in [7, 11) is 9.92. The predicted octanol–water partition coefficient (Wildman–Crippen LogP) is 5.45. The lowest BCUT2D eigenvalue weighted by atomic mass is 10.3. The van der Waals surface area contributed by atoms with Gasteiger partial charge in [0.1, 0.15) is 53.4 Å². The van der Waals surface area contributed by atoms with E-state index in [0.717, 1.165) is 58.6 Å². The molecule has 478 valence electrons. The number of carbonyl (C=O) groups is 6. The number of amides is 9. The van der Waals surface area contributed by atoms with Crippen molar-refractivity contribution in [1.29, 1.82) is 0 Å². The molecule has 0 spiro atoms. The third-order valence-electron chi connectivity index (χ3n) is 11.3. The van der Waals surface area contributed by atoms with E-state index >= 15 is 0 Å². The summed E-state index contributed by atoms with van der Waals surface area (Å²) in [6, 6.07) is 2.23. The van der Waals surface area contributed by atoms with E-state index in [1.807, 2.05) is 37.6 Å². The second-order valence-electron chi connectivity index (χ2n) is 17.3. The van der Waals surface area contributed by atoms with Crippen LogP contribution in [0.15, 0.2) is 74.2 Å². The molecule has 9 amide bonds. The average Bonchev–Trinajstić information content (AvgIpc) is 4.51. The number of urea groups is 3. The van der Waals surface area contributed by atoms with E-state index in [2.05, 4.69) is 40.0 Å². The van der Waals surface area contributed by atoms with Gasteiger partial charge < -0.3 is 57.5 Å². The van der Waals surface area contributed by atoms with Crippen molar-refractivity contribution < 1.29 is 56.9 Å². The van der Waals surface area contributed by atoms with Gasteiger partial charge in [0.05, 0.1) is 31.5 Å². The zero-order valence-electron chi connectivity index (χ0n) is 47.5. The van der Waals surface area contributed by atoms with Crippen molar-refractivity contribution in [2.45, 2.75) is 85.1 Å². The number of thiocarbonyl (C=S) groups is 4. The van der Waals surface area contributed by atoms with Crippen molar-refractivity contribution in [1.82, 2.24) is 59.3 Å². The Labute approximate surface area is 517 Å². The zero-order chi connectivity index (χ0) is 62.2. The Morgan fingerprint density at radius 2 is 0.929 bits per heavy atom. The zero-order valence-corrected chi connectivity index (χ0v) is 50.8. The molecule has 4 aromatic rings.